The maximum atomic E-state index is 10.3. The van der Waals surface area contributed by atoms with Crippen molar-refractivity contribution in [1.82, 2.24) is 10.3 Å². The third kappa shape index (κ3) is 1.89. The van der Waals surface area contributed by atoms with Crippen molar-refractivity contribution in [2.24, 2.45) is 5.18 Å². The largest absolute Gasteiger partial charge is 0.364 e. The molecule has 6 heteroatoms. The van der Waals surface area contributed by atoms with Gasteiger partial charge in [-0.25, -0.2) is 4.98 Å². The van der Waals surface area contributed by atoms with Gasteiger partial charge in [-0.2, -0.15) is 4.91 Å². The van der Waals surface area contributed by atoms with Crippen LogP contribution in [0.3, 0.4) is 0 Å². The summed E-state index contributed by atoms with van der Waals surface area (Å²) in [5.74, 6) is 0. The monoisotopic (exact) mass is 252 g/mol. The molecule has 17 heavy (non-hydrogen) atoms. The second-order valence-electron chi connectivity index (χ2n) is 4.58. The molecule has 0 aliphatic carbocycles. The van der Waals surface area contributed by atoms with Crippen LogP contribution in [0.1, 0.15) is 12.0 Å². The molecule has 0 unspecified atom stereocenters. The first kappa shape index (κ1) is 10.9. The zero-order valence-electron chi connectivity index (χ0n) is 9.27. The van der Waals surface area contributed by atoms with Crippen molar-refractivity contribution < 1.29 is 0 Å². The number of aromatic nitrogens is 1. The lowest BCUT2D eigenvalue weighted by Crippen LogP contribution is -2.43. The SMILES string of the molecule is O=NCc1cc(N2C[C@@H]3C[C@H]2CN3)cnc1Cl. The molecule has 3 heterocycles. The van der Waals surface area contributed by atoms with Crippen molar-refractivity contribution in [2.45, 2.75) is 25.0 Å². The van der Waals surface area contributed by atoms with Gasteiger partial charge in [0.1, 0.15) is 11.7 Å². The first-order chi connectivity index (χ1) is 8.28. The average Bonchev–Trinajstić information content (AvgIpc) is 2.94. The van der Waals surface area contributed by atoms with Gasteiger partial charge in [0.25, 0.3) is 0 Å². The highest BCUT2D eigenvalue weighted by atomic mass is 35.5. The van der Waals surface area contributed by atoms with Crippen LogP contribution >= 0.6 is 11.6 Å². The van der Waals surface area contributed by atoms with Gasteiger partial charge in [-0.15, -0.1) is 0 Å². The van der Waals surface area contributed by atoms with E-state index in [4.69, 9.17) is 11.6 Å². The molecule has 2 aliphatic rings. The predicted molar refractivity (Wildman–Crippen MR) is 66.3 cm³/mol. The van der Waals surface area contributed by atoms with Crippen LogP contribution in [0.25, 0.3) is 0 Å². The van der Waals surface area contributed by atoms with Crippen LogP contribution < -0.4 is 10.2 Å². The molecule has 0 aromatic carbocycles. The molecular formula is C11H13ClN4O. The van der Waals surface area contributed by atoms with Gasteiger partial charge in [-0.3, -0.25) is 0 Å². The summed E-state index contributed by atoms with van der Waals surface area (Å²) in [5, 5.41) is 6.70. The molecule has 2 aliphatic heterocycles. The van der Waals surface area contributed by atoms with E-state index in [0.717, 1.165) is 18.8 Å². The van der Waals surface area contributed by atoms with E-state index in [1.807, 2.05) is 6.07 Å². The molecule has 0 radical (unpaired) electrons. The first-order valence-electron chi connectivity index (χ1n) is 5.71. The second-order valence-corrected chi connectivity index (χ2v) is 4.94. The lowest BCUT2D eigenvalue weighted by molar-refractivity contribution is 0.579. The number of pyridine rings is 1. The normalized spacial score (nSPS) is 26.5. The molecule has 2 bridgehead atoms. The Kier molecular flexibility index (Phi) is 2.72. The number of piperazine rings is 1. The van der Waals surface area contributed by atoms with Crippen molar-refractivity contribution in [3.05, 3.63) is 27.9 Å². The maximum absolute atomic E-state index is 10.3. The number of rotatable bonds is 3. The van der Waals surface area contributed by atoms with Crippen LogP contribution in [0, 0.1) is 4.91 Å². The van der Waals surface area contributed by atoms with Crippen molar-refractivity contribution >= 4 is 17.3 Å². The molecule has 0 saturated carbocycles. The fraction of sp³-hybridized carbons (Fsp3) is 0.545. The lowest BCUT2D eigenvalue weighted by Gasteiger charge is -2.29. The molecule has 2 saturated heterocycles. The minimum absolute atomic E-state index is 0.0832. The highest BCUT2D eigenvalue weighted by Crippen LogP contribution is 2.30. The summed E-state index contributed by atoms with van der Waals surface area (Å²) in [7, 11) is 0. The summed E-state index contributed by atoms with van der Waals surface area (Å²) in [4.78, 5) is 16.8. The minimum atomic E-state index is 0.0832. The van der Waals surface area contributed by atoms with Gasteiger partial charge < -0.3 is 10.2 Å². The average molecular weight is 253 g/mol. The molecule has 1 aromatic heterocycles. The van der Waals surface area contributed by atoms with Gasteiger partial charge in [0.15, 0.2) is 0 Å². The smallest absolute Gasteiger partial charge is 0.134 e. The Morgan fingerprint density at radius 2 is 2.53 bits per heavy atom. The molecule has 5 nitrogen and oxygen atoms in total. The number of anilines is 1. The summed E-state index contributed by atoms with van der Waals surface area (Å²) in [5.41, 5.74) is 1.75. The number of nitrogens with one attached hydrogen (secondary N) is 1. The molecule has 1 N–H and O–H groups in total. The zero-order chi connectivity index (χ0) is 11.8. The van der Waals surface area contributed by atoms with Crippen LogP contribution in [0.15, 0.2) is 17.4 Å². The molecule has 2 fully saturated rings. The standard InChI is InChI=1S/C11H13ClN4O/c12-11-7(3-15-17)1-9(5-14-11)16-6-8-2-10(16)4-13-8/h1,5,8,10,13H,2-4,6H2/t8-,10-/m0/s1. The summed E-state index contributed by atoms with van der Waals surface area (Å²) < 4.78 is 0. The number of fused-ring (bicyclic) bond motifs is 2. The van der Waals surface area contributed by atoms with Gasteiger partial charge in [0, 0.05) is 30.7 Å². The Morgan fingerprint density at radius 3 is 3.18 bits per heavy atom. The van der Waals surface area contributed by atoms with Gasteiger partial charge in [-0.1, -0.05) is 16.8 Å². The van der Waals surface area contributed by atoms with E-state index >= 15 is 0 Å². The minimum Gasteiger partial charge on any atom is -0.364 e. The van der Waals surface area contributed by atoms with Gasteiger partial charge in [0.05, 0.1) is 11.9 Å². The number of hydrogen-bond acceptors (Lipinski definition) is 5. The van der Waals surface area contributed by atoms with E-state index in [1.54, 1.807) is 6.20 Å². The number of nitroso groups, excluding NO2 is 1. The topological polar surface area (TPSA) is 57.6 Å². The van der Waals surface area contributed by atoms with Crippen molar-refractivity contribution in [3.63, 3.8) is 0 Å². The molecule has 2 atom stereocenters. The predicted octanol–water partition coefficient (Wildman–Crippen LogP) is 1.55. The fourth-order valence-electron chi connectivity index (χ4n) is 2.70. The van der Waals surface area contributed by atoms with Crippen molar-refractivity contribution in [2.75, 3.05) is 18.0 Å². The molecular weight excluding hydrogens is 240 g/mol. The number of halogens is 1. The van der Waals surface area contributed by atoms with Crippen LogP contribution in [0.2, 0.25) is 5.15 Å². The molecule has 1 aromatic rings. The summed E-state index contributed by atoms with van der Waals surface area (Å²) >= 11 is 5.92. The lowest BCUT2D eigenvalue weighted by atomic mass is 10.2. The van der Waals surface area contributed by atoms with E-state index in [9.17, 15) is 4.91 Å². The van der Waals surface area contributed by atoms with E-state index in [2.05, 4.69) is 20.4 Å². The third-order valence-corrected chi connectivity index (χ3v) is 3.86. The molecule has 0 amide bonds. The Bertz CT molecular complexity index is 453. The molecule has 3 rings (SSSR count). The van der Waals surface area contributed by atoms with Crippen LogP contribution in [-0.4, -0.2) is 30.2 Å². The Hall–Kier alpha value is -1.20. The Morgan fingerprint density at radius 1 is 1.65 bits per heavy atom. The van der Waals surface area contributed by atoms with Crippen LogP contribution in [0.5, 0.6) is 0 Å². The van der Waals surface area contributed by atoms with Crippen molar-refractivity contribution in [3.8, 4) is 0 Å². The van der Waals surface area contributed by atoms with Crippen LogP contribution in [-0.2, 0) is 6.54 Å². The zero-order valence-corrected chi connectivity index (χ0v) is 10.0. The van der Waals surface area contributed by atoms with E-state index in [0.29, 0.717) is 22.8 Å². The van der Waals surface area contributed by atoms with Crippen LogP contribution in [0.4, 0.5) is 5.69 Å². The van der Waals surface area contributed by atoms with Gasteiger partial charge in [-0.05, 0) is 12.5 Å². The van der Waals surface area contributed by atoms with Gasteiger partial charge >= 0.3 is 0 Å². The maximum Gasteiger partial charge on any atom is 0.134 e. The number of hydrogen-bond donors (Lipinski definition) is 1. The Labute approximate surface area is 104 Å². The highest BCUT2D eigenvalue weighted by Gasteiger charge is 2.37. The van der Waals surface area contributed by atoms with E-state index in [-0.39, 0.29) is 6.54 Å². The molecule has 90 valence electrons. The fourth-order valence-corrected chi connectivity index (χ4v) is 2.86. The quantitative estimate of drug-likeness (QED) is 0.655. The summed E-state index contributed by atoms with van der Waals surface area (Å²) in [6.45, 7) is 2.11. The van der Waals surface area contributed by atoms with Crippen molar-refractivity contribution in [1.29, 1.82) is 0 Å². The highest BCUT2D eigenvalue weighted by molar-refractivity contribution is 6.30. The van der Waals surface area contributed by atoms with E-state index < -0.39 is 0 Å². The summed E-state index contributed by atoms with van der Waals surface area (Å²) in [6, 6.07) is 3.06. The van der Waals surface area contributed by atoms with E-state index in [1.165, 1.54) is 6.42 Å². The molecule has 0 spiro atoms. The second kappa shape index (κ2) is 4.23. The van der Waals surface area contributed by atoms with Gasteiger partial charge in [0.2, 0.25) is 0 Å². The Balaban J connectivity index is 1.88. The summed E-state index contributed by atoms with van der Waals surface area (Å²) in [6.07, 6.45) is 2.96. The first-order valence-corrected chi connectivity index (χ1v) is 6.09. The number of nitrogens with zero attached hydrogens (tertiary/aromatic N) is 3. The third-order valence-electron chi connectivity index (χ3n) is 3.52.